The molecular weight excluding hydrogens is 456 g/mol. The van der Waals surface area contributed by atoms with E-state index >= 15 is 0 Å². The highest BCUT2D eigenvalue weighted by molar-refractivity contribution is 6.01. The first-order valence-corrected chi connectivity index (χ1v) is 13.4. The van der Waals surface area contributed by atoms with Gasteiger partial charge in [-0.1, -0.05) is 40.7 Å². The van der Waals surface area contributed by atoms with Gasteiger partial charge >= 0.3 is 5.97 Å². The van der Waals surface area contributed by atoms with Crippen LogP contribution in [0.1, 0.15) is 99.8 Å². The van der Waals surface area contributed by atoms with Gasteiger partial charge in [0.2, 0.25) is 0 Å². The lowest BCUT2D eigenvalue weighted by atomic mass is 9.40. The minimum atomic E-state index is -1.21. The number of carboxylic acid groups (broad SMARTS) is 1. The van der Waals surface area contributed by atoms with Crippen LogP contribution in [0.3, 0.4) is 0 Å². The third kappa shape index (κ3) is 4.44. The molecule has 2 N–H and O–H groups in total. The summed E-state index contributed by atoms with van der Waals surface area (Å²) < 4.78 is 0. The first kappa shape index (κ1) is 28.5. The molecule has 6 nitrogen and oxygen atoms in total. The molecule has 0 aromatic carbocycles. The van der Waals surface area contributed by atoms with Gasteiger partial charge in [-0.3, -0.25) is 14.4 Å². The molecule has 200 valence electrons. The minimum Gasteiger partial charge on any atom is -0.478 e. The molecule has 2 saturated carbocycles. The summed E-state index contributed by atoms with van der Waals surface area (Å²) >= 11 is 0. The maximum Gasteiger partial charge on any atom is 0.330 e. The van der Waals surface area contributed by atoms with E-state index < -0.39 is 27.8 Å². The number of carbonyl (C=O) groups excluding carboxylic acids is 3. The smallest absolute Gasteiger partial charge is 0.330 e. The highest BCUT2D eigenvalue weighted by Crippen LogP contribution is 2.66. The van der Waals surface area contributed by atoms with Crippen LogP contribution in [0.15, 0.2) is 23.3 Å². The Morgan fingerprint density at radius 2 is 1.75 bits per heavy atom. The molecule has 2 fully saturated rings. The normalized spacial score (nSPS) is 37.0. The molecule has 3 aliphatic rings. The van der Waals surface area contributed by atoms with E-state index in [1.54, 1.807) is 26.0 Å². The van der Waals surface area contributed by atoms with E-state index in [2.05, 4.69) is 6.92 Å². The summed E-state index contributed by atoms with van der Waals surface area (Å²) in [5, 5.41) is 21.4. The summed E-state index contributed by atoms with van der Waals surface area (Å²) in [6, 6.07) is 0. The fourth-order valence-electron chi connectivity index (χ4n) is 7.76. The molecule has 0 aliphatic heterocycles. The Bertz CT molecular complexity index is 1020. The zero-order valence-corrected chi connectivity index (χ0v) is 23.1. The minimum absolute atomic E-state index is 0.00541. The molecule has 0 heterocycles. The number of hydrogen-bond acceptors (Lipinski definition) is 5. The van der Waals surface area contributed by atoms with Crippen LogP contribution in [0, 0.1) is 34.0 Å². The van der Waals surface area contributed by atoms with Gasteiger partial charge in [0.1, 0.15) is 11.6 Å². The summed E-state index contributed by atoms with van der Waals surface area (Å²) in [5.41, 5.74) is -2.30. The molecule has 0 amide bonds. The zero-order chi connectivity index (χ0) is 27.3. The van der Waals surface area contributed by atoms with E-state index in [1.807, 2.05) is 27.7 Å². The fraction of sp³-hybridized carbons (Fsp3) is 0.733. The maximum atomic E-state index is 13.6. The second-order valence-electron chi connectivity index (χ2n) is 12.8. The van der Waals surface area contributed by atoms with Crippen molar-refractivity contribution >= 4 is 23.3 Å². The van der Waals surface area contributed by atoms with Crippen molar-refractivity contribution in [2.45, 2.75) is 105 Å². The van der Waals surface area contributed by atoms with E-state index in [4.69, 9.17) is 5.11 Å². The Hall–Kier alpha value is -2.08. The van der Waals surface area contributed by atoms with Crippen LogP contribution >= 0.6 is 0 Å². The van der Waals surface area contributed by atoms with Crippen LogP contribution in [-0.2, 0) is 19.2 Å². The number of carbonyl (C=O) groups is 4. The first-order chi connectivity index (χ1) is 16.5. The molecule has 0 saturated heterocycles. The maximum absolute atomic E-state index is 13.6. The van der Waals surface area contributed by atoms with Gasteiger partial charge in [-0.2, -0.15) is 0 Å². The number of aliphatic hydroxyl groups is 1. The van der Waals surface area contributed by atoms with Crippen molar-refractivity contribution in [1.29, 1.82) is 0 Å². The third-order valence-electron chi connectivity index (χ3n) is 10.3. The van der Waals surface area contributed by atoms with Gasteiger partial charge in [0.25, 0.3) is 0 Å². The molecule has 0 radical (unpaired) electrons. The van der Waals surface area contributed by atoms with E-state index in [1.165, 1.54) is 0 Å². The molecule has 0 aromatic heterocycles. The molecule has 0 bridgehead atoms. The molecule has 36 heavy (non-hydrogen) atoms. The predicted octanol–water partition coefficient (Wildman–Crippen LogP) is 5.47. The number of Topliss-reactive ketones (excluding diaryl/α,β-unsaturated/α-hetero) is 3. The van der Waals surface area contributed by atoms with Crippen molar-refractivity contribution in [3.05, 3.63) is 23.3 Å². The average Bonchev–Trinajstić information content (AvgIpc) is 2.79. The molecule has 6 heteroatoms. The lowest BCUT2D eigenvalue weighted by Crippen LogP contribution is -2.68. The van der Waals surface area contributed by atoms with Crippen molar-refractivity contribution in [2.75, 3.05) is 0 Å². The van der Waals surface area contributed by atoms with E-state index in [9.17, 15) is 24.3 Å². The molecule has 6 unspecified atom stereocenters. The Morgan fingerprint density at radius 1 is 1.14 bits per heavy atom. The molecule has 6 atom stereocenters. The molecule has 3 aliphatic carbocycles. The second kappa shape index (κ2) is 9.66. The van der Waals surface area contributed by atoms with Crippen LogP contribution in [0.25, 0.3) is 0 Å². The van der Waals surface area contributed by atoms with Crippen LogP contribution in [0.5, 0.6) is 0 Å². The number of ketones is 3. The lowest BCUT2D eigenvalue weighted by molar-refractivity contribution is -0.211. The largest absolute Gasteiger partial charge is 0.478 e. The Labute approximate surface area is 215 Å². The highest BCUT2D eigenvalue weighted by Gasteiger charge is 2.68. The number of fused-ring (bicyclic) bond motifs is 3. The van der Waals surface area contributed by atoms with Gasteiger partial charge in [-0.05, 0) is 69.9 Å². The molecule has 0 spiro atoms. The quantitative estimate of drug-likeness (QED) is 0.428. The Morgan fingerprint density at radius 3 is 2.36 bits per heavy atom. The van der Waals surface area contributed by atoms with Gasteiger partial charge in [-0.25, -0.2) is 4.79 Å². The number of hydrogen-bond donors (Lipinski definition) is 2. The zero-order valence-electron chi connectivity index (χ0n) is 23.1. The van der Waals surface area contributed by atoms with Gasteiger partial charge < -0.3 is 10.2 Å². The van der Waals surface area contributed by atoms with Crippen molar-refractivity contribution in [1.82, 2.24) is 0 Å². The second-order valence-corrected chi connectivity index (χ2v) is 12.8. The monoisotopic (exact) mass is 500 g/mol. The SMILES string of the molecule is CC(=CCCC(C)C(=O)CCC1(C)C(=O)C(C)=CC2(O)C1CCC1C(C)(C)C(=O)CCC12C)C(=O)O. The Kier molecular flexibility index (Phi) is 7.65. The summed E-state index contributed by atoms with van der Waals surface area (Å²) in [7, 11) is 0. The molecule has 0 aromatic rings. The van der Waals surface area contributed by atoms with E-state index in [0.717, 1.165) is 6.42 Å². The van der Waals surface area contributed by atoms with Crippen LogP contribution in [-0.4, -0.2) is 39.1 Å². The topological polar surface area (TPSA) is 109 Å². The summed E-state index contributed by atoms with van der Waals surface area (Å²) in [6.45, 7) is 13.2. The van der Waals surface area contributed by atoms with E-state index in [-0.39, 0.29) is 47.1 Å². The van der Waals surface area contributed by atoms with Crippen LogP contribution < -0.4 is 0 Å². The highest BCUT2D eigenvalue weighted by atomic mass is 16.4. The Balaban J connectivity index is 1.83. The summed E-state index contributed by atoms with van der Waals surface area (Å²) in [5.74, 6) is -1.16. The van der Waals surface area contributed by atoms with Crippen LogP contribution in [0.4, 0.5) is 0 Å². The first-order valence-electron chi connectivity index (χ1n) is 13.4. The summed E-state index contributed by atoms with van der Waals surface area (Å²) in [4.78, 5) is 50.3. The molecule has 3 rings (SSSR count). The van der Waals surface area contributed by atoms with Crippen molar-refractivity contribution in [2.24, 2.45) is 34.0 Å². The fourth-order valence-corrected chi connectivity index (χ4v) is 7.76. The average molecular weight is 501 g/mol. The van der Waals surface area contributed by atoms with Gasteiger partial charge in [0.05, 0.1) is 5.60 Å². The van der Waals surface area contributed by atoms with Crippen molar-refractivity contribution < 1.29 is 29.4 Å². The summed E-state index contributed by atoms with van der Waals surface area (Å²) in [6.07, 6.45) is 7.56. The van der Waals surface area contributed by atoms with Crippen molar-refractivity contribution in [3.63, 3.8) is 0 Å². The third-order valence-corrected chi connectivity index (χ3v) is 10.3. The van der Waals surface area contributed by atoms with Crippen molar-refractivity contribution in [3.8, 4) is 0 Å². The predicted molar refractivity (Wildman–Crippen MR) is 138 cm³/mol. The standard InChI is InChI=1S/C30H44O6/c1-18(9-8-10-19(2)26(34)35)21(31)13-15-28(6)23-12-11-22-27(4,5)24(32)14-16-29(22,7)30(23,36)17-20(3)25(28)33/h10,17-18,22-23,36H,8-9,11-16H2,1-7H3,(H,34,35). The number of allylic oxidation sites excluding steroid dienone is 2. The van der Waals surface area contributed by atoms with E-state index in [0.29, 0.717) is 44.1 Å². The lowest BCUT2D eigenvalue weighted by Gasteiger charge is -2.65. The van der Waals surface area contributed by atoms with Gasteiger partial charge in [0, 0.05) is 46.5 Å². The number of aliphatic carboxylic acids is 1. The number of rotatable bonds is 8. The van der Waals surface area contributed by atoms with Gasteiger partial charge in [0.15, 0.2) is 5.78 Å². The van der Waals surface area contributed by atoms with Gasteiger partial charge in [-0.15, -0.1) is 0 Å². The number of carboxylic acids is 1. The molecular formula is C30H44O6. The van der Waals surface area contributed by atoms with Crippen LogP contribution in [0.2, 0.25) is 0 Å².